The molecule has 1 fully saturated rings. The minimum Gasteiger partial charge on any atom is -0.302 e. The third kappa shape index (κ3) is 6.71. The molecule has 5 heteroatoms. The average Bonchev–Trinajstić information content (AvgIpc) is 2.41. The highest BCUT2D eigenvalue weighted by atomic mass is 31.2. The standard InChI is InChI=1S/C15H31O4P/c1-4-6-10-14(5-2)12-18-20(16,17)19-15-11-8-7-9-13(15)3/h13-15H,4-12H2,1-3H3,(H,16,17). The van der Waals surface area contributed by atoms with Crippen molar-refractivity contribution in [1.29, 1.82) is 0 Å². The summed E-state index contributed by atoms with van der Waals surface area (Å²) in [5, 5.41) is 0. The number of phosphoric acid groups is 1. The molecule has 0 saturated heterocycles. The Kier molecular flexibility index (Phi) is 8.35. The Balaban J connectivity index is 2.37. The molecule has 0 bridgehead atoms. The average molecular weight is 306 g/mol. The fraction of sp³-hybridized carbons (Fsp3) is 1.00. The lowest BCUT2D eigenvalue weighted by Gasteiger charge is -2.30. The van der Waals surface area contributed by atoms with Crippen molar-refractivity contribution in [3.05, 3.63) is 0 Å². The summed E-state index contributed by atoms with van der Waals surface area (Å²) < 4.78 is 22.6. The van der Waals surface area contributed by atoms with Crippen LogP contribution in [0.2, 0.25) is 0 Å². The molecule has 0 radical (unpaired) electrons. The second kappa shape index (κ2) is 9.19. The molecule has 1 N–H and O–H groups in total. The molecule has 1 aliphatic carbocycles. The maximum absolute atomic E-state index is 12.0. The minimum atomic E-state index is -3.90. The van der Waals surface area contributed by atoms with Crippen molar-refractivity contribution in [2.24, 2.45) is 11.8 Å². The lowest BCUT2D eigenvalue weighted by atomic mass is 9.88. The summed E-state index contributed by atoms with van der Waals surface area (Å²) in [6.45, 7) is 6.65. The zero-order valence-corrected chi connectivity index (χ0v) is 14.1. The van der Waals surface area contributed by atoms with E-state index in [0.29, 0.717) is 18.4 Å². The molecule has 0 aromatic heterocycles. The second-order valence-electron chi connectivity index (χ2n) is 6.09. The molecule has 0 spiro atoms. The molecule has 4 nitrogen and oxygen atoms in total. The molecule has 0 aromatic rings. The van der Waals surface area contributed by atoms with Gasteiger partial charge in [0.15, 0.2) is 0 Å². The first kappa shape index (κ1) is 18.2. The van der Waals surface area contributed by atoms with Crippen LogP contribution in [-0.2, 0) is 13.6 Å². The highest BCUT2D eigenvalue weighted by Crippen LogP contribution is 2.48. The monoisotopic (exact) mass is 306 g/mol. The van der Waals surface area contributed by atoms with E-state index >= 15 is 0 Å². The van der Waals surface area contributed by atoms with Crippen LogP contribution in [-0.4, -0.2) is 17.6 Å². The van der Waals surface area contributed by atoms with E-state index in [2.05, 4.69) is 20.8 Å². The highest BCUT2D eigenvalue weighted by molar-refractivity contribution is 7.47. The van der Waals surface area contributed by atoms with Crippen molar-refractivity contribution in [3.8, 4) is 0 Å². The number of rotatable bonds is 9. The Bertz CT molecular complexity index is 308. The Labute approximate surface area is 123 Å². The molecule has 1 aliphatic rings. The number of phosphoric ester groups is 1. The highest BCUT2D eigenvalue weighted by Gasteiger charge is 2.31. The van der Waals surface area contributed by atoms with Crippen LogP contribution in [0.4, 0.5) is 0 Å². The van der Waals surface area contributed by atoms with E-state index < -0.39 is 7.82 Å². The molecule has 1 rings (SSSR count). The molecule has 0 heterocycles. The van der Waals surface area contributed by atoms with Gasteiger partial charge in [-0.2, -0.15) is 0 Å². The molecule has 4 unspecified atom stereocenters. The smallest absolute Gasteiger partial charge is 0.302 e. The summed E-state index contributed by atoms with van der Waals surface area (Å²) >= 11 is 0. The van der Waals surface area contributed by atoms with E-state index in [4.69, 9.17) is 9.05 Å². The molecule has 0 aromatic carbocycles. The first-order valence-corrected chi connectivity index (χ1v) is 9.63. The topological polar surface area (TPSA) is 55.8 Å². The molecule has 0 aliphatic heterocycles. The van der Waals surface area contributed by atoms with Crippen LogP contribution in [0.1, 0.15) is 72.1 Å². The summed E-state index contributed by atoms with van der Waals surface area (Å²) in [6.07, 6.45) is 8.36. The predicted molar refractivity (Wildman–Crippen MR) is 81.6 cm³/mol. The third-order valence-electron chi connectivity index (χ3n) is 4.32. The van der Waals surface area contributed by atoms with Crippen molar-refractivity contribution in [3.63, 3.8) is 0 Å². The second-order valence-corrected chi connectivity index (χ2v) is 7.49. The Morgan fingerprint density at radius 2 is 2.00 bits per heavy atom. The SMILES string of the molecule is CCCCC(CC)COP(=O)(O)OC1CCCCC1C. The van der Waals surface area contributed by atoms with E-state index in [0.717, 1.165) is 44.9 Å². The summed E-state index contributed by atoms with van der Waals surface area (Å²) in [5.74, 6) is 0.692. The minimum absolute atomic E-state index is 0.129. The van der Waals surface area contributed by atoms with Crippen molar-refractivity contribution in [2.45, 2.75) is 78.2 Å². The van der Waals surface area contributed by atoms with Crippen LogP contribution >= 0.6 is 7.82 Å². The zero-order chi connectivity index (χ0) is 15.0. The lowest BCUT2D eigenvalue weighted by Crippen LogP contribution is -2.25. The quantitative estimate of drug-likeness (QED) is 0.615. The Hall–Kier alpha value is 0.110. The van der Waals surface area contributed by atoms with Crippen LogP contribution in [0, 0.1) is 11.8 Å². The molecular formula is C15H31O4P. The summed E-state index contributed by atoms with van der Waals surface area (Å²) in [5.41, 5.74) is 0. The van der Waals surface area contributed by atoms with Gasteiger partial charge >= 0.3 is 7.82 Å². The first-order valence-electron chi connectivity index (χ1n) is 8.14. The van der Waals surface area contributed by atoms with Crippen LogP contribution in [0.3, 0.4) is 0 Å². The van der Waals surface area contributed by atoms with E-state index in [-0.39, 0.29) is 6.10 Å². The van der Waals surface area contributed by atoms with E-state index in [1.807, 2.05) is 0 Å². The maximum Gasteiger partial charge on any atom is 0.472 e. The summed E-state index contributed by atoms with van der Waals surface area (Å²) in [4.78, 5) is 9.87. The number of hydrogen-bond acceptors (Lipinski definition) is 3. The maximum atomic E-state index is 12.0. The van der Waals surface area contributed by atoms with Gasteiger partial charge in [0.25, 0.3) is 0 Å². The van der Waals surface area contributed by atoms with Gasteiger partial charge in [-0.05, 0) is 31.1 Å². The largest absolute Gasteiger partial charge is 0.472 e. The van der Waals surface area contributed by atoms with Gasteiger partial charge in [0.2, 0.25) is 0 Å². The fourth-order valence-corrected chi connectivity index (χ4v) is 3.85. The molecular weight excluding hydrogens is 275 g/mol. The van der Waals surface area contributed by atoms with Crippen LogP contribution in [0.15, 0.2) is 0 Å². The van der Waals surface area contributed by atoms with Gasteiger partial charge in [-0.1, -0.05) is 52.9 Å². The zero-order valence-electron chi connectivity index (χ0n) is 13.2. The Morgan fingerprint density at radius 1 is 1.30 bits per heavy atom. The van der Waals surface area contributed by atoms with Crippen LogP contribution < -0.4 is 0 Å². The number of hydrogen-bond donors (Lipinski definition) is 1. The van der Waals surface area contributed by atoms with E-state index in [9.17, 15) is 9.46 Å². The first-order chi connectivity index (χ1) is 9.48. The fourth-order valence-electron chi connectivity index (χ4n) is 2.74. The van der Waals surface area contributed by atoms with Gasteiger partial charge in [0.1, 0.15) is 0 Å². The van der Waals surface area contributed by atoms with Crippen molar-refractivity contribution >= 4 is 7.82 Å². The van der Waals surface area contributed by atoms with Gasteiger partial charge in [-0.3, -0.25) is 9.05 Å². The molecule has 0 amide bonds. The molecule has 120 valence electrons. The molecule has 20 heavy (non-hydrogen) atoms. The lowest BCUT2D eigenvalue weighted by molar-refractivity contribution is 0.0456. The van der Waals surface area contributed by atoms with Crippen molar-refractivity contribution < 1.29 is 18.5 Å². The van der Waals surface area contributed by atoms with E-state index in [1.165, 1.54) is 6.42 Å². The van der Waals surface area contributed by atoms with Crippen LogP contribution in [0.5, 0.6) is 0 Å². The van der Waals surface area contributed by atoms with Gasteiger partial charge in [-0.25, -0.2) is 4.57 Å². The van der Waals surface area contributed by atoms with E-state index in [1.54, 1.807) is 0 Å². The van der Waals surface area contributed by atoms with Crippen LogP contribution in [0.25, 0.3) is 0 Å². The van der Waals surface area contributed by atoms with Gasteiger partial charge < -0.3 is 4.89 Å². The molecule has 4 atom stereocenters. The normalized spacial score (nSPS) is 28.0. The predicted octanol–water partition coefficient (Wildman–Crippen LogP) is 4.92. The Morgan fingerprint density at radius 3 is 2.60 bits per heavy atom. The molecule has 1 saturated carbocycles. The van der Waals surface area contributed by atoms with Crippen molar-refractivity contribution in [2.75, 3.05) is 6.61 Å². The third-order valence-corrected chi connectivity index (χ3v) is 5.33. The van der Waals surface area contributed by atoms with Crippen molar-refractivity contribution in [1.82, 2.24) is 0 Å². The van der Waals surface area contributed by atoms with Gasteiger partial charge in [0.05, 0.1) is 12.7 Å². The summed E-state index contributed by atoms with van der Waals surface area (Å²) in [6, 6.07) is 0. The number of unbranched alkanes of at least 4 members (excludes halogenated alkanes) is 1. The van der Waals surface area contributed by atoms with Gasteiger partial charge in [-0.15, -0.1) is 0 Å². The summed E-state index contributed by atoms with van der Waals surface area (Å²) in [7, 11) is -3.90. The van der Waals surface area contributed by atoms with Gasteiger partial charge in [0, 0.05) is 0 Å².